The number of pyridine rings is 1. The number of hydrogen-bond acceptors (Lipinski definition) is 5. The van der Waals surface area contributed by atoms with E-state index in [0.717, 1.165) is 11.9 Å². The van der Waals surface area contributed by atoms with Crippen LogP contribution >= 0.6 is 0 Å². The topological polar surface area (TPSA) is 82.6 Å². The first-order valence-corrected chi connectivity index (χ1v) is 9.57. The predicted octanol–water partition coefficient (Wildman–Crippen LogP) is 1.34. The van der Waals surface area contributed by atoms with Crippen LogP contribution in [0.3, 0.4) is 0 Å². The van der Waals surface area contributed by atoms with Crippen LogP contribution in [0.4, 0.5) is 11.4 Å². The number of rotatable bonds is 7. The first kappa shape index (κ1) is 18.7. The first-order valence-electron chi connectivity index (χ1n) is 7.72. The minimum atomic E-state index is -3.46. The Morgan fingerprint density at radius 2 is 1.76 bits per heavy atom. The van der Waals surface area contributed by atoms with Crippen LogP contribution < -0.4 is 14.5 Å². The second-order valence-electron chi connectivity index (χ2n) is 5.74. The first-order chi connectivity index (χ1) is 11.8. The molecule has 25 heavy (non-hydrogen) atoms. The van der Waals surface area contributed by atoms with Crippen molar-refractivity contribution in [2.45, 2.75) is 0 Å². The molecule has 1 amide bonds. The van der Waals surface area contributed by atoms with Crippen molar-refractivity contribution in [1.82, 2.24) is 10.3 Å². The zero-order valence-electron chi connectivity index (χ0n) is 14.5. The molecule has 0 fully saturated rings. The Labute approximate surface area is 148 Å². The number of carbonyl (C=O) groups excluding carboxylic acids is 1. The van der Waals surface area contributed by atoms with Crippen LogP contribution in [0.1, 0.15) is 10.4 Å². The highest BCUT2D eigenvalue weighted by molar-refractivity contribution is 7.92. The standard InChI is InChI=1S/C17H22N4O3S/c1-20(2)15-6-8-16(9-7-15)21(25(3,23)24)12-11-19-17(22)14-5-4-10-18-13-14/h4-10,13H,11-12H2,1-3H3,(H,19,22). The van der Waals surface area contributed by atoms with Gasteiger partial charge in [-0.1, -0.05) is 0 Å². The molecule has 1 aromatic carbocycles. The van der Waals surface area contributed by atoms with Gasteiger partial charge in [0.2, 0.25) is 10.0 Å². The molecule has 7 nitrogen and oxygen atoms in total. The Bertz CT molecular complexity index is 806. The number of nitrogens with one attached hydrogen (secondary N) is 1. The van der Waals surface area contributed by atoms with Crippen LogP contribution in [0.15, 0.2) is 48.8 Å². The summed E-state index contributed by atoms with van der Waals surface area (Å²) in [6.07, 6.45) is 4.19. The molecule has 2 aromatic rings. The quantitative estimate of drug-likeness (QED) is 0.804. The molecule has 8 heteroatoms. The summed E-state index contributed by atoms with van der Waals surface area (Å²) in [7, 11) is 0.370. The molecule has 0 spiro atoms. The van der Waals surface area contributed by atoms with E-state index in [1.165, 1.54) is 10.5 Å². The number of anilines is 2. The third kappa shape index (κ3) is 5.18. The van der Waals surface area contributed by atoms with E-state index < -0.39 is 10.0 Å². The maximum Gasteiger partial charge on any atom is 0.252 e. The highest BCUT2D eigenvalue weighted by Crippen LogP contribution is 2.21. The Balaban J connectivity index is 2.05. The number of sulfonamides is 1. The molecule has 0 atom stereocenters. The van der Waals surface area contributed by atoms with Crippen molar-refractivity contribution in [2.75, 3.05) is 42.6 Å². The number of benzene rings is 1. The fourth-order valence-corrected chi connectivity index (χ4v) is 3.20. The van der Waals surface area contributed by atoms with Gasteiger partial charge in [0.15, 0.2) is 0 Å². The zero-order chi connectivity index (χ0) is 18.4. The van der Waals surface area contributed by atoms with E-state index in [9.17, 15) is 13.2 Å². The molecule has 0 bridgehead atoms. The van der Waals surface area contributed by atoms with E-state index >= 15 is 0 Å². The van der Waals surface area contributed by atoms with Gasteiger partial charge in [-0.2, -0.15) is 0 Å². The van der Waals surface area contributed by atoms with Crippen molar-refractivity contribution in [3.05, 3.63) is 54.4 Å². The number of hydrogen-bond donors (Lipinski definition) is 1. The van der Waals surface area contributed by atoms with Crippen LogP contribution in [-0.2, 0) is 10.0 Å². The SMILES string of the molecule is CN(C)c1ccc(N(CCNC(=O)c2cccnc2)S(C)(=O)=O)cc1. The summed E-state index contributed by atoms with van der Waals surface area (Å²) in [6.45, 7) is 0.336. The highest BCUT2D eigenvalue weighted by atomic mass is 32.2. The summed E-state index contributed by atoms with van der Waals surface area (Å²) in [5, 5.41) is 2.71. The summed E-state index contributed by atoms with van der Waals surface area (Å²) in [6, 6.07) is 10.5. The average molecular weight is 362 g/mol. The Morgan fingerprint density at radius 3 is 2.28 bits per heavy atom. The smallest absolute Gasteiger partial charge is 0.252 e. The normalized spacial score (nSPS) is 11.0. The molecule has 1 aromatic heterocycles. The van der Waals surface area contributed by atoms with Crippen LogP contribution in [-0.4, -0.2) is 52.7 Å². The molecule has 1 heterocycles. The fraction of sp³-hybridized carbons (Fsp3) is 0.294. The summed E-state index contributed by atoms with van der Waals surface area (Å²) in [5.41, 5.74) is 1.97. The molecule has 0 aliphatic carbocycles. The van der Waals surface area contributed by atoms with E-state index in [4.69, 9.17) is 0 Å². The van der Waals surface area contributed by atoms with Crippen molar-refractivity contribution in [1.29, 1.82) is 0 Å². The van der Waals surface area contributed by atoms with Crippen molar-refractivity contribution < 1.29 is 13.2 Å². The van der Waals surface area contributed by atoms with Crippen molar-refractivity contribution in [3.63, 3.8) is 0 Å². The minimum absolute atomic E-state index is 0.145. The molecule has 0 saturated carbocycles. The van der Waals surface area contributed by atoms with Crippen molar-refractivity contribution >= 4 is 27.3 Å². The average Bonchev–Trinajstić information content (AvgIpc) is 2.58. The summed E-state index contributed by atoms with van der Waals surface area (Å²) < 4.78 is 25.5. The predicted molar refractivity (Wildman–Crippen MR) is 99.5 cm³/mol. The summed E-state index contributed by atoms with van der Waals surface area (Å²) >= 11 is 0. The van der Waals surface area contributed by atoms with Gasteiger partial charge < -0.3 is 10.2 Å². The third-order valence-electron chi connectivity index (χ3n) is 3.58. The van der Waals surface area contributed by atoms with Gasteiger partial charge in [0, 0.05) is 38.7 Å². The molecule has 0 radical (unpaired) electrons. The maximum atomic E-state index is 12.1. The van der Waals surface area contributed by atoms with E-state index in [1.807, 2.05) is 31.1 Å². The molecule has 0 unspecified atom stereocenters. The fourth-order valence-electron chi connectivity index (χ4n) is 2.27. The maximum absolute atomic E-state index is 12.1. The van der Waals surface area contributed by atoms with Crippen LogP contribution in [0, 0.1) is 0 Å². The molecular weight excluding hydrogens is 340 g/mol. The van der Waals surface area contributed by atoms with Gasteiger partial charge in [0.25, 0.3) is 5.91 Å². The zero-order valence-corrected chi connectivity index (χ0v) is 15.3. The molecule has 0 aliphatic rings. The lowest BCUT2D eigenvalue weighted by Gasteiger charge is -2.23. The lowest BCUT2D eigenvalue weighted by Crippen LogP contribution is -2.38. The van der Waals surface area contributed by atoms with Gasteiger partial charge >= 0.3 is 0 Å². The summed E-state index contributed by atoms with van der Waals surface area (Å²) in [5.74, 6) is -0.287. The number of aromatic nitrogens is 1. The van der Waals surface area contributed by atoms with Crippen LogP contribution in [0.25, 0.3) is 0 Å². The van der Waals surface area contributed by atoms with Gasteiger partial charge in [0.1, 0.15) is 0 Å². The van der Waals surface area contributed by atoms with E-state index in [0.29, 0.717) is 11.3 Å². The molecule has 2 rings (SSSR count). The Hall–Kier alpha value is -2.61. The number of amides is 1. The van der Waals surface area contributed by atoms with E-state index in [-0.39, 0.29) is 19.0 Å². The van der Waals surface area contributed by atoms with Gasteiger partial charge in [-0.25, -0.2) is 8.42 Å². The second-order valence-corrected chi connectivity index (χ2v) is 7.65. The van der Waals surface area contributed by atoms with Crippen molar-refractivity contribution in [2.24, 2.45) is 0 Å². The second kappa shape index (κ2) is 7.98. The molecule has 134 valence electrons. The van der Waals surface area contributed by atoms with Gasteiger partial charge in [-0.15, -0.1) is 0 Å². The Morgan fingerprint density at radius 1 is 1.12 bits per heavy atom. The number of carbonyl (C=O) groups is 1. The van der Waals surface area contributed by atoms with Crippen molar-refractivity contribution in [3.8, 4) is 0 Å². The van der Waals surface area contributed by atoms with Gasteiger partial charge in [-0.05, 0) is 36.4 Å². The molecule has 0 saturated heterocycles. The molecular formula is C17H22N4O3S. The number of nitrogens with zero attached hydrogens (tertiary/aromatic N) is 3. The monoisotopic (exact) mass is 362 g/mol. The van der Waals surface area contributed by atoms with E-state index in [2.05, 4.69) is 10.3 Å². The summed E-state index contributed by atoms with van der Waals surface area (Å²) in [4.78, 5) is 17.8. The van der Waals surface area contributed by atoms with Crippen LogP contribution in [0.2, 0.25) is 0 Å². The van der Waals surface area contributed by atoms with Gasteiger partial charge in [0.05, 0.1) is 24.1 Å². The lowest BCUT2D eigenvalue weighted by atomic mass is 10.2. The lowest BCUT2D eigenvalue weighted by molar-refractivity contribution is 0.0954. The largest absolute Gasteiger partial charge is 0.378 e. The highest BCUT2D eigenvalue weighted by Gasteiger charge is 2.17. The third-order valence-corrected chi connectivity index (χ3v) is 4.77. The minimum Gasteiger partial charge on any atom is -0.378 e. The Kier molecular flexibility index (Phi) is 5.97. The van der Waals surface area contributed by atoms with Crippen LogP contribution in [0.5, 0.6) is 0 Å². The molecule has 1 N–H and O–H groups in total. The van der Waals surface area contributed by atoms with E-state index in [1.54, 1.807) is 30.5 Å². The van der Waals surface area contributed by atoms with Gasteiger partial charge in [-0.3, -0.25) is 14.1 Å². The molecule has 0 aliphatic heterocycles.